The van der Waals surface area contributed by atoms with Crippen molar-refractivity contribution in [3.63, 3.8) is 0 Å². The van der Waals surface area contributed by atoms with Gasteiger partial charge >= 0.3 is 5.97 Å². The quantitative estimate of drug-likeness (QED) is 0.131. The number of hydrogen-bond donors (Lipinski definition) is 1. The van der Waals surface area contributed by atoms with E-state index in [-0.39, 0.29) is 66.2 Å². The first-order valence-corrected chi connectivity index (χ1v) is 14.8. The van der Waals surface area contributed by atoms with Crippen molar-refractivity contribution in [2.24, 2.45) is 34.5 Å². The number of ketones is 2. The van der Waals surface area contributed by atoms with Crippen LogP contribution < -0.4 is 4.74 Å². The third-order valence-electron chi connectivity index (χ3n) is 10.3. The molecule has 1 aromatic rings. The molecule has 0 heterocycles. The van der Waals surface area contributed by atoms with Crippen LogP contribution >= 0.6 is 0 Å². The highest BCUT2D eigenvalue weighted by molar-refractivity contribution is 6.01. The molecule has 7 unspecified atom stereocenters. The Morgan fingerprint density at radius 1 is 1.19 bits per heavy atom. The largest absolute Gasteiger partial charge is 0.427 e. The molecule has 1 aromatic carbocycles. The maximum Gasteiger partial charge on any atom is 0.311 e. The molecule has 0 amide bonds. The summed E-state index contributed by atoms with van der Waals surface area (Å²) in [5.74, 6) is 0.372. The molecule has 3 saturated carbocycles. The smallest absolute Gasteiger partial charge is 0.311 e. The predicted molar refractivity (Wildman–Crippen MR) is 150 cm³/mol. The third-order valence-corrected chi connectivity index (χ3v) is 10.3. The van der Waals surface area contributed by atoms with E-state index in [4.69, 9.17) is 9.47 Å². The van der Waals surface area contributed by atoms with E-state index >= 15 is 0 Å². The van der Waals surface area contributed by atoms with Gasteiger partial charge in [0.2, 0.25) is 0 Å². The molecule has 42 heavy (non-hydrogen) atoms. The van der Waals surface area contributed by atoms with Crippen molar-refractivity contribution < 1.29 is 38.9 Å². The molecule has 4 aliphatic rings. The number of carbonyl (C=O) groups excluding carboxylic acids is 3. The first-order valence-electron chi connectivity index (χ1n) is 14.8. The van der Waals surface area contributed by atoms with Gasteiger partial charge in [-0.25, -0.2) is 0 Å². The Morgan fingerprint density at radius 3 is 2.79 bits per heavy atom. The average Bonchev–Trinajstić information content (AvgIpc) is 3.28. The number of carbonyl (C=O) groups is 3. The average molecular weight is 582 g/mol. The molecule has 3 fully saturated rings. The highest BCUT2D eigenvalue weighted by atomic mass is 16.9. The molecule has 5 rings (SSSR count). The molecule has 0 aliphatic heterocycles. The highest BCUT2D eigenvalue weighted by Crippen LogP contribution is 2.66. The van der Waals surface area contributed by atoms with Crippen LogP contribution in [0, 0.1) is 44.6 Å². The number of rotatable bonds is 11. The minimum absolute atomic E-state index is 0.0206. The zero-order valence-corrected chi connectivity index (χ0v) is 24.2. The van der Waals surface area contributed by atoms with E-state index in [9.17, 15) is 29.6 Å². The number of Topliss-reactive ketones (excluding diaryl/α,β-unsaturated/α-hetero) is 1. The van der Waals surface area contributed by atoms with Gasteiger partial charge in [0.05, 0.1) is 6.10 Å². The van der Waals surface area contributed by atoms with Crippen LogP contribution in [-0.2, 0) is 30.6 Å². The fraction of sp³-hybridized carbons (Fsp3) is 0.594. The molecule has 226 valence electrons. The van der Waals surface area contributed by atoms with Crippen LogP contribution in [0.5, 0.6) is 5.75 Å². The van der Waals surface area contributed by atoms with Crippen molar-refractivity contribution in [2.75, 3.05) is 13.2 Å². The monoisotopic (exact) mass is 581 g/mol. The molecule has 1 N–H and O–H groups in total. The van der Waals surface area contributed by atoms with Crippen molar-refractivity contribution in [1.82, 2.24) is 0 Å². The van der Waals surface area contributed by atoms with Crippen LogP contribution in [0.3, 0.4) is 0 Å². The number of aliphatic hydroxyl groups excluding tert-OH is 1. The topological polar surface area (TPSA) is 142 Å². The van der Waals surface area contributed by atoms with Gasteiger partial charge in [0.1, 0.15) is 19.0 Å². The second-order valence-corrected chi connectivity index (χ2v) is 12.7. The lowest BCUT2D eigenvalue weighted by atomic mass is 9.46. The molecule has 10 heteroatoms. The lowest BCUT2D eigenvalue weighted by molar-refractivity contribution is -0.763. The van der Waals surface area contributed by atoms with Crippen LogP contribution in [0.1, 0.15) is 64.4 Å². The van der Waals surface area contributed by atoms with Crippen LogP contribution in [0.4, 0.5) is 0 Å². The van der Waals surface area contributed by atoms with E-state index in [0.717, 1.165) is 31.3 Å². The fourth-order valence-corrected chi connectivity index (χ4v) is 8.45. The minimum Gasteiger partial charge on any atom is -0.427 e. The van der Waals surface area contributed by atoms with Crippen molar-refractivity contribution in [3.8, 4) is 5.75 Å². The summed E-state index contributed by atoms with van der Waals surface area (Å²) in [6, 6.07) is 6.34. The van der Waals surface area contributed by atoms with Gasteiger partial charge < -0.3 is 19.4 Å². The van der Waals surface area contributed by atoms with Crippen molar-refractivity contribution in [2.45, 2.75) is 71.5 Å². The SMILES string of the molecule is CC12C=CC(=O)C=C1CCC1C2C(O)CC2(C)C(C(=O)COCCCC(=O)Oc3cccc(CO[N+](=O)[O-])c3)CCC12. The zero-order chi connectivity index (χ0) is 30.1. The summed E-state index contributed by atoms with van der Waals surface area (Å²) in [6.07, 6.45) is 9.38. The van der Waals surface area contributed by atoms with E-state index in [1.807, 2.05) is 6.08 Å². The number of nitrogens with zero attached hydrogens (tertiary/aromatic N) is 1. The molecule has 0 aromatic heterocycles. The molecule has 0 bridgehead atoms. The van der Waals surface area contributed by atoms with Gasteiger partial charge in [0, 0.05) is 30.3 Å². The van der Waals surface area contributed by atoms with Gasteiger partial charge in [-0.3, -0.25) is 14.4 Å². The van der Waals surface area contributed by atoms with Crippen LogP contribution in [0.25, 0.3) is 0 Å². The summed E-state index contributed by atoms with van der Waals surface area (Å²) in [6.45, 7) is 4.28. The van der Waals surface area contributed by atoms with Crippen LogP contribution in [-0.4, -0.2) is 47.0 Å². The number of allylic oxidation sites excluding steroid dienone is 4. The number of esters is 1. The summed E-state index contributed by atoms with van der Waals surface area (Å²) in [5.41, 5.74) is 1.01. The molecule has 0 spiro atoms. The summed E-state index contributed by atoms with van der Waals surface area (Å²) in [7, 11) is 0. The number of fused-ring (bicyclic) bond motifs is 5. The van der Waals surface area contributed by atoms with Gasteiger partial charge in [0.15, 0.2) is 11.6 Å². The lowest BCUT2D eigenvalue weighted by Gasteiger charge is -2.58. The normalized spacial score (nSPS) is 33.2. The molecular formula is C32H39NO9. The van der Waals surface area contributed by atoms with E-state index in [0.29, 0.717) is 30.2 Å². The molecule has 0 saturated heterocycles. The standard InChI is InChI=1S/C32H39NO9/c1-31-13-12-22(34)16-21(31)8-9-24-25-10-11-26(32(25,2)17-27(35)30(24)31)28(36)19-40-14-4-7-29(37)42-23-6-3-5-20(15-23)18-41-33(38)39/h3,5-6,12-13,15-16,24-27,30,35H,4,7-11,14,17-19H2,1-2H3. The Labute approximate surface area is 245 Å². The Balaban J connectivity index is 1.09. The summed E-state index contributed by atoms with van der Waals surface area (Å²) >= 11 is 0. The number of aliphatic hydroxyl groups is 1. The van der Waals surface area contributed by atoms with Crippen molar-refractivity contribution in [1.29, 1.82) is 0 Å². The fourth-order valence-electron chi connectivity index (χ4n) is 8.45. The van der Waals surface area contributed by atoms with Crippen molar-refractivity contribution >= 4 is 17.5 Å². The number of hydrogen-bond acceptors (Lipinski definition) is 9. The Hall–Kier alpha value is -3.37. The molecule has 7 atom stereocenters. The predicted octanol–water partition coefficient (Wildman–Crippen LogP) is 4.56. The molecule has 10 nitrogen and oxygen atoms in total. The highest BCUT2D eigenvalue weighted by Gasteiger charge is 2.62. The van der Waals surface area contributed by atoms with Gasteiger partial charge in [-0.15, -0.1) is 10.1 Å². The number of ether oxygens (including phenoxy) is 2. The Kier molecular flexibility index (Phi) is 8.66. The molecule has 4 aliphatic carbocycles. The van der Waals surface area contributed by atoms with Crippen LogP contribution in [0.2, 0.25) is 0 Å². The van der Waals surface area contributed by atoms with Gasteiger partial charge in [0.25, 0.3) is 5.09 Å². The first kappa shape index (κ1) is 30.1. The minimum atomic E-state index is -0.883. The summed E-state index contributed by atoms with van der Waals surface area (Å²) in [5, 5.41) is 21.0. The lowest BCUT2D eigenvalue weighted by Crippen LogP contribution is -2.56. The van der Waals surface area contributed by atoms with Crippen molar-refractivity contribution in [3.05, 3.63) is 63.7 Å². The zero-order valence-electron chi connectivity index (χ0n) is 24.2. The van der Waals surface area contributed by atoms with E-state index in [1.54, 1.807) is 30.4 Å². The first-order chi connectivity index (χ1) is 20.0. The van der Waals surface area contributed by atoms with Gasteiger partial charge in [-0.05, 0) is 85.6 Å². The maximum absolute atomic E-state index is 13.4. The second kappa shape index (κ2) is 12.1. The Bertz CT molecular complexity index is 1300. The summed E-state index contributed by atoms with van der Waals surface area (Å²) < 4.78 is 11.0. The maximum atomic E-state index is 13.4. The van der Waals surface area contributed by atoms with Gasteiger partial charge in [-0.2, -0.15) is 0 Å². The van der Waals surface area contributed by atoms with E-state index < -0.39 is 17.2 Å². The van der Waals surface area contributed by atoms with E-state index in [1.165, 1.54) is 6.07 Å². The summed E-state index contributed by atoms with van der Waals surface area (Å²) in [4.78, 5) is 52.3. The molecular weight excluding hydrogens is 542 g/mol. The van der Waals surface area contributed by atoms with E-state index in [2.05, 4.69) is 18.7 Å². The molecule has 0 radical (unpaired) electrons. The third kappa shape index (κ3) is 5.92. The second-order valence-electron chi connectivity index (χ2n) is 12.7. The van der Waals surface area contributed by atoms with Crippen LogP contribution in [0.15, 0.2) is 48.1 Å². The van der Waals surface area contributed by atoms with Gasteiger partial charge in [-0.1, -0.05) is 37.6 Å². The Morgan fingerprint density at radius 2 is 2.00 bits per heavy atom. The number of benzene rings is 1.